The van der Waals surface area contributed by atoms with Crippen molar-refractivity contribution in [2.45, 2.75) is 20.8 Å². The van der Waals surface area contributed by atoms with Crippen molar-refractivity contribution in [3.05, 3.63) is 45.4 Å². The number of aryl methyl sites for hydroxylation is 2. The molecule has 0 saturated heterocycles. The number of aromatic nitrogens is 1. The molecular formula is C13H14N2OS. The minimum Gasteiger partial charge on any atom is -0.320 e. The lowest BCUT2D eigenvalue weighted by Crippen LogP contribution is -2.12. The van der Waals surface area contributed by atoms with Crippen LogP contribution in [0.1, 0.15) is 26.6 Å². The average Bonchev–Trinajstić information content (AvgIpc) is 2.72. The van der Waals surface area contributed by atoms with Gasteiger partial charge in [0.05, 0.1) is 0 Å². The Bertz CT molecular complexity index is 560. The van der Waals surface area contributed by atoms with E-state index in [1.54, 1.807) is 0 Å². The lowest BCUT2D eigenvalue weighted by molar-refractivity contribution is 0.102. The molecule has 1 aromatic heterocycles. The number of rotatable bonds is 2. The van der Waals surface area contributed by atoms with Crippen molar-refractivity contribution in [1.29, 1.82) is 0 Å². The predicted molar refractivity (Wildman–Crippen MR) is 70.7 cm³/mol. The summed E-state index contributed by atoms with van der Waals surface area (Å²) in [5, 5.41) is 5.27. The van der Waals surface area contributed by atoms with Gasteiger partial charge in [0.25, 0.3) is 5.91 Å². The van der Waals surface area contributed by atoms with Gasteiger partial charge >= 0.3 is 0 Å². The third-order valence-electron chi connectivity index (χ3n) is 2.67. The smallest absolute Gasteiger partial charge is 0.284 e. The van der Waals surface area contributed by atoms with Crippen LogP contribution >= 0.6 is 11.3 Å². The van der Waals surface area contributed by atoms with Crippen LogP contribution in [0.3, 0.4) is 0 Å². The lowest BCUT2D eigenvalue weighted by atomic mass is 10.1. The summed E-state index contributed by atoms with van der Waals surface area (Å²) < 4.78 is 0. The van der Waals surface area contributed by atoms with Gasteiger partial charge in [0, 0.05) is 16.8 Å². The molecule has 0 atom stereocenters. The summed E-state index contributed by atoms with van der Waals surface area (Å²) in [6, 6.07) is 5.87. The number of hydrogen-bond acceptors (Lipinski definition) is 3. The molecular weight excluding hydrogens is 232 g/mol. The van der Waals surface area contributed by atoms with Crippen LogP contribution in [-0.4, -0.2) is 10.9 Å². The van der Waals surface area contributed by atoms with Gasteiger partial charge < -0.3 is 5.32 Å². The highest BCUT2D eigenvalue weighted by Crippen LogP contribution is 2.19. The van der Waals surface area contributed by atoms with Crippen molar-refractivity contribution in [3.63, 3.8) is 0 Å². The molecule has 0 aliphatic heterocycles. The number of nitrogens with zero attached hydrogens (tertiary/aromatic N) is 1. The van der Waals surface area contributed by atoms with Crippen molar-refractivity contribution in [1.82, 2.24) is 4.98 Å². The molecule has 0 radical (unpaired) electrons. The van der Waals surface area contributed by atoms with Crippen molar-refractivity contribution < 1.29 is 4.79 Å². The largest absolute Gasteiger partial charge is 0.320 e. The first-order valence-corrected chi connectivity index (χ1v) is 6.25. The van der Waals surface area contributed by atoms with Crippen LogP contribution in [0.5, 0.6) is 0 Å². The van der Waals surface area contributed by atoms with Crippen molar-refractivity contribution >= 4 is 22.9 Å². The molecule has 2 rings (SSSR count). The summed E-state index contributed by atoms with van der Waals surface area (Å²) >= 11 is 1.36. The molecule has 0 saturated carbocycles. The van der Waals surface area contributed by atoms with Gasteiger partial charge in [-0.3, -0.25) is 4.79 Å². The summed E-state index contributed by atoms with van der Waals surface area (Å²) in [6.45, 7) is 5.90. The van der Waals surface area contributed by atoms with Gasteiger partial charge in [-0.05, 0) is 38.0 Å². The van der Waals surface area contributed by atoms with Crippen LogP contribution in [-0.2, 0) is 0 Å². The zero-order chi connectivity index (χ0) is 12.4. The highest BCUT2D eigenvalue weighted by Gasteiger charge is 2.11. The van der Waals surface area contributed by atoms with Crippen LogP contribution in [0.25, 0.3) is 0 Å². The summed E-state index contributed by atoms with van der Waals surface area (Å²) in [4.78, 5) is 16.1. The van der Waals surface area contributed by atoms with E-state index >= 15 is 0 Å². The Balaban J connectivity index is 2.21. The maximum atomic E-state index is 11.9. The molecule has 88 valence electrons. The average molecular weight is 246 g/mol. The van der Waals surface area contributed by atoms with Gasteiger partial charge in [0.1, 0.15) is 0 Å². The quantitative estimate of drug-likeness (QED) is 0.883. The van der Waals surface area contributed by atoms with Crippen LogP contribution in [0.15, 0.2) is 23.6 Å². The summed E-state index contributed by atoms with van der Waals surface area (Å²) in [5.74, 6) is -0.142. The molecule has 17 heavy (non-hydrogen) atoms. The molecule has 0 aliphatic rings. The number of anilines is 1. The number of carbonyl (C=O) groups excluding carboxylic acids is 1. The van der Waals surface area contributed by atoms with Crippen LogP contribution in [0.2, 0.25) is 0 Å². The first kappa shape index (κ1) is 11.8. The van der Waals surface area contributed by atoms with Crippen LogP contribution < -0.4 is 5.32 Å². The number of benzene rings is 1. The molecule has 1 N–H and O–H groups in total. The maximum Gasteiger partial charge on any atom is 0.284 e. The minimum atomic E-state index is -0.142. The molecule has 0 aliphatic carbocycles. The molecule has 0 spiro atoms. The van der Waals surface area contributed by atoms with E-state index in [4.69, 9.17) is 0 Å². The molecule has 0 bridgehead atoms. The normalized spacial score (nSPS) is 10.3. The number of amides is 1. The third-order valence-corrected chi connectivity index (χ3v) is 3.62. The van der Waals surface area contributed by atoms with E-state index in [1.165, 1.54) is 11.3 Å². The van der Waals surface area contributed by atoms with E-state index in [0.29, 0.717) is 5.01 Å². The summed E-state index contributed by atoms with van der Waals surface area (Å²) in [7, 11) is 0. The van der Waals surface area contributed by atoms with Gasteiger partial charge in [-0.1, -0.05) is 12.1 Å². The Morgan fingerprint density at radius 2 is 2.06 bits per heavy atom. The summed E-state index contributed by atoms with van der Waals surface area (Å²) in [6.07, 6.45) is 0. The molecule has 0 fully saturated rings. The summed E-state index contributed by atoms with van der Waals surface area (Å²) in [5.41, 5.74) is 3.98. The molecule has 4 heteroatoms. The molecule has 0 unspecified atom stereocenters. The zero-order valence-electron chi connectivity index (χ0n) is 10.1. The van der Waals surface area contributed by atoms with Gasteiger partial charge in [-0.25, -0.2) is 4.98 Å². The molecule has 1 aromatic carbocycles. The Labute approximate surface area is 105 Å². The number of hydrogen-bond donors (Lipinski definition) is 1. The monoisotopic (exact) mass is 246 g/mol. The van der Waals surface area contributed by atoms with Gasteiger partial charge in [-0.2, -0.15) is 0 Å². The number of carbonyl (C=O) groups is 1. The predicted octanol–water partition coefficient (Wildman–Crippen LogP) is 3.32. The second-order valence-electron chi connectivity index (χ2n) is 4.00. The fourth-order valence-electron chi connectivity index (χ4n) is 1.52. The SMILES string of the molecule is Cc1csc(C(=O)Nc2cccc(C)c2C)n1. The second kappa shape index (κ2) is 4.67. The van der Waals surface area contributed by atoms with Crippen LogP contribution in [0.4, 0.5) is 5.69 Å². The Morgan fingerprint density at radius 1 is 1.29 bits per heavy atom. The van der Waals surface area contributed by atoms with Gasteiger partial charge in [0.15, 0.2) is 5.01 Å². The first-order chi connectivity index (χ1) is 8.08. The first-order valence-electron chi connectivity index (χ1n) is 5.37. The van der Waals surface area contributed by atoms with Crippen molar-refractivity contribution in [2.24, 2.45) is 0 Å². The van der Waals surface area contributed by atoms with Crippen LogP contribution in [0, 0.1) is 20.8 Å². The fourth-order valence-corrected chi connectivity index (χ4v) is 2.21. The van der Waals surface area contributed by atoms with Gasteiger partial charge in [-0.15, -0.1) is 11.3 Å². The molecule has 1 heterocycles. The van der Waals surface area contributed by atoms with E-state index in [1.807, 2.05) is 44.4 Å². The minimum absolute atomic E-state index is 0.142. The van der Waals surface area contributed by atoms with E-state index in [9.17, 15) is 4.79 Å². The number of nitrogens with one attached hydrogen (secondary N) is 1. The Morgan fingerprint density at radius 3 is 2.71 bits per heavy atom. The van der Waals surface area contributed by atoms with E-state index in [0.717, 1.165) is 22.5 Å². The molecule has 1 amide bonds. The Kier molecular flexibility index (Phi) is 3.24. The Hall–Kier alpha value is -1.68. The second-order valence-corrected chi connectivity index (χ2v) is 4.85. The van der Waals surface area contributed by atoms with Gasteiger partial charge in [0.2, 0.25) is 0 Å². The maximum absolute atomic E-state index is 11.9. The van der Waals surface area contributed by atoms with Crippen molar-refractivity contribution in [3.8, 4) is 0 Å². The highest BCUT2D eigenvalue weighted by molar-refractivity contribution is 7.11. The molecule has 2 aromatic rings. The van der Waals surface area contributed by atoms with E-state index < -0.39 is 0 Å². The third kappa shape index (κ3) is 2.53. The fraction of sp³-hybridized carbons (Fsp3) is 0.231. The zero-order valence-corrected chi connectivity index (χ0v) is 10.9. The molecule has 3 nitrogen and oxygen atoms in total. The lowest BCUT2D eigenvalue weighted by Gasteiger charge is -2.08. The van der Waals surface area contributed by atoms with E-state index in [-0.39, 0.29) is 5.91 Å². The topological polar surface area (TPSA) is 42.0 Å². The standard InChI is InChI=1S/C13H14N2OS/c1-8-5-4-6-11(10(8)3)15-12(16)13-14-9(2)7-17-13/h4-7H,1-3H3,(H,15,16). The highest BCUT2D eigenvalue weighted by atomic mass is 32.1. The van der Waals surface area contributed by atoms with E-state index in [2.05, 4.69) is 10.3 Å². The van der Waals surface area contributed by atoms with Crippen molar-refractivity contribution in [2.75, 3.05) is 5.32 Å². The number of thiazole rings is 1.